The van der Waals surface area contributed by atoms with Gasteiger partial charge in [0.2, 0.25) is 0 Å². The van der Waals surface area contributed by atoms with E-state index in [9.17, 15) is 18.3 Å². The minimum Gasteiger partial charge on any atom is -0.388 e. The molecular weight excluding hydrogens is 269 g/mol. The van der Waals surface area contributed by atoms with Crippen LogP contribution in [0.4, 0.5) is 13.2 Å². The van der Waals surface area contributed by atoms with Crippen LogP contribution in [0.5, 0.6) is 0 Å². The van der Waals surface area contributed by atoms with Crippen molar-refractivity contribution in [2.45, 2.75) is 25.1 Å². The fourth-order valence-corrected chi connectivity index (χ4v) is 2.10. The number of aliphatic hydroxyl groups is 1. The summed E-state index contributed by atoms with van der Waals surface area (Å²) in [7, 11) is 1.80. The van der Waals surface area contributed by atoms with E-state index in [1.54, 1.807) is 24.0 Å². The van der Waals surface area contributed by atoms with E-state index in [4.69, 9.17) is 0 Å². The lowest BCUT2D eigenvalue weighted by Crippen LogP contribution is -2.13. The van der Waals surface area contributed by atoms with Gasteiger partial charge in [0.15, 0.2) is 0 Å². The Hall–Kier alpha value is -1.82. The molecule has 2 aromatic rings. The summed E-state index contributed by atoms with van der Waals surface area (Å²) in [6.07, 6.45) is -1.64. The van der Waals surface area contributed by atoms with Gasteiger partial charge in [-0.3, -0.25) is 0 Å². The van der Waals surface area contributed by atoms with Gasteiger partial charge in [-0.25, -0.2) is 4.98 Å². The first-order chi connectivity index (χ1) is 9.39. The highest BCUT2D eigenvalue weighted by molar-refractivity contribution is 5.31. The minimum atomic E-state index is -4.46. The molecule has 1 atom stereocenters. The molecule has 20 heavy (non-hydrogen) atoms. The first kappa shape index (κ1) is 14.6. The number of halogens is 3. The third-order valence-electron chi connectivity index (χ3n) is 3.19. The molecule has 6 heteroatoms. The molecule has 0 saturated carbocycles. The van der Waals surface area contributed by atoms with Gasteiger partial charge in [-0.15, -0.1) is 0 Å². The molecule has 0 aliphatic heterocycles. The standard InChI is InChI=1S/C14H15F3N2O/c1-19-9-8-18-13(19)7-6-12(20)10-4-2-3-5-11(10)14(15,16)17/h2-5,8-9,12,20H,6-7H2,1H3. The van der Waals surface area contributed by atoms with Crippen molar-refractivity contribution < 1.29 is 18.3 Å². The van der Waals surface area contributed by atoms with E-state index in [1.165, 1.54) is 18.2 Å². The molecule has 1 heterocycles. The molecule has 0 aliphatic carbocycles. The van der Waals surface area contributed by atoms with Crippen molar-refractivity contribution in [3.05, 3.63) is 53.6 Å². The van der Waals surface area contributed by atoms with Gasteiger partial charge >= 0.3 is 6.18 Å². The van der Waals surface area contributed by atoms with Gasteiger partial charge in [-0.1, -0.05) is 18.2 Å². The topological polar surface area (TPSA) is 38.0 Å². The molecule has 0 aliphatic rings. The van der Waals surface area contributed by atoms with E-state index in [1.807, 2.05) is 0 Å². The van der Waals surface area contributed by atoms with Crippen LogP contribution in [0.3, 0.4) is 0 Å². The quantitative estimate of drug-likeness (QED) is 0.936. The van der Waals surface area contributed by atoms with Crippen molar-refractivity contribution in [1.29, 1.82) is 0 Å². The van der Waals surface area contributed by atoms with Gasteiger partial charge in [-0.2, -0.15) is 13.2 Å². The van der Waals surface area contributed by atoms with Crippen LogP contribution >= 0.6 is 0 Å². The normalized spacial score (nSPS) is 13.4. The number of aliphatic hydroxyl groups excluding tert-OH is 1. The third-order valence-corrected chi connectivity index (χ3v) is 3.19. The van der Waals surface area contributed by atoms with E-state index < -0.39 is 17.8 Å². The van der Waals surface area contributed by atoms with Gasteiger partial charge in [0.05, 0.1) is 11.7 Å². The van der Waals surface area contributed by atoms with Crippen molar-refractivity contribution in [1.82, 2.24) is 9.55 Å². The van der Waals surface area contributed by atoms with Crippen molar-refractivity contribution in [3.8, 4) is 0 Å². The molecule has 1 unspecified atom stereocenters. The zero-order valence-corrected chi connectivity index (χ0v) is 10.9. The molecule has 1 aromatic carbocycles. The van der Waals surface area contributed by atoms with Gasteiger partial charge in [0.25, 0.3) is 0 Å². The molecule has 0 amide bonds. The molecule has 3 nitrogen and oxygen atoms in total. The number of imidazole rings is 1. The second-order valence-corrected chi connectivity index (χ2v) is 4.59. The molecule has 1 aromatic heterocycles. The summed E-state index contributed by atoms with van der Waals surface area (Å²) >= 11 is 0. The fraction of sp³-hybridized carbons (Fsp3) is 0.357. The van der Waals surface area contributed by atoms with Gasteiger partial charge in [0, 0.05) is 25.9 Å². The Balaban J connectivity index is 2.14. The maximum absolute atomic E-state index is 12.9. The Bertz CT molecular complexity index is 578. The van der Waals surface area contributed by atoms with Crippen LogP contribution in [-0.4, -0.2) is 14.7 Å². The number of hydrogen-bond acceptors (Lipinski definition) is 2. The highest BCUT2D eigenvalue weighted by Gasteiger charge is 2.34. The van der Waals surface area contributed by atoms with Gasteiger partial charge in [-0.05, 0) is 18.1 Å². The van der Waals surface area contributed by atoms with E-state index in [2.05, 4.69) is 4.98 Å². The molecule has 0 bridgehead atoms. The number of nitrogens with zero attached hydrogens (tertiary/aromatic N) is 2. The smallest absolute Gasteiger partial charge is 0.388 e. The van der Waals surface area contributed by atoms with Crippen LogP contribution in [0.25, 0.3) is 0 Å². The Morgan fingerprint density at radius 2 is 2.00 bits per heavy atom. The summed E-state index contributed by atoms with van der Waals surface area (Å²) in [6, 6.07) is 5.11. The van der Waals surface area contributed by atoms with Crippen molar-refractivity contribution in [2.24, 2.45) is 7.05 Å². The summed E-state index contributed by atoms with van der Waals surface area (Å²) in [5, 5.41) is 10.0. The van der Waals surface area contributed by atoms with E-state index in [0.29, 0.717) is 6.42 Å². The second kappa shape index (κ2) is 5.66. The summed E-state index contributed by atoms with van der Waals surface area (Å²) < 4.78 is 40.4. The van der Waals surface area contributed by atoms with Crippen molar-refractivity contribution in [3.63, 3.8) is 0 Å². The summed E-state index contributed by atoms with van der Waals surface area (Å²) in [5.74, 6) is 0.730. The third kappa shape index (κ3) is 3.19. The molecule has 2 rings (SSSR count). The number of alkyl halides is 3. The minimum absolute atomic E-state index is 0.0887. The SMILES string of the molecule is Cn1ccnc1CCC(O)c1ccccc1C(F)(F)F. The predicted molar refractivity (Wildman–Crippen MR) is 67.9 cm³/mol. The largest absolute Gasteiger partial charge is 0.416 e. The zero-order chi connectivity index (χ0) is 14.8. The predicted octanol–water partition coefficient (Wildman–Crippen LogP) is 3.11. The lowest BCUT2D eigenvalue weighted by atomic mass is 9.98. The summed E-state index contributed by atoms with van der Waals surface area (Å²) in [5.41, 5.74) is -0.874. The van der Waals surface area contributed by atoms with E-state index in [-0.39, 0.29) is 12.0 Å². The van der Waals surface area contributed by atoms with Crippen LogP contribution in [0.2, 0.25) is 0 Å². The maximum atomic E-state index is 12.9. The van der Waals surface area contributed by atoms with E-state index in [0.717, 1.165) is 11.9 Å². The number of aryl methyl sites for hydroxylation is 2. The van der Waals surface area contributed by atoms with E-state index >= 15 is 0 Å². The van der Waals surface area contributed by atoms with Crippen LogP contribution in [0.1, 0.15) is 29.5 Å². The second-order valence-electron chi connectivity index (χ2n) is 4.59. The molecular formula is C14H15F3N2O. The molecule has 0 spiro atoms. The molecule has 0 radical (unpaired) electrons. The number of benzene rings is 1. The zero-order valence-electron chi connectivity index (χ0n) is 10.9. The average molecular weight is 284 g/mol. The fourth-order valence-electron chi connectivity index (χ4n) is 2.10. The van der Waals surface area contributed by atoms with Crippen LogP contribution in [0.15, 0.2) is 36.7 Å². The Morgan fingerprint density at radius 3 is 2.60 bits per heavy atom. The number of hydrogen-bond donors (Lipinski definition) is 1. The first-order valence-electron chi connectivity index (χ1n) is 6.20. The van der Waals surface area contributed by atoms with Crippen LogP contribution in [-0.2, 0) is 19.6 Å². The van der Waals surface area contributed by atoms with Crippen LogP contribution < -0.4 is 0 Å². The summed E-state index contributed by atoms with van der Waals surface area (Å²) in [6.45, 7) is 0. The van der Waals surface area contributed by atoms with Gasteiger partial charge < -0.3 is 9.67 Å². The molecule has 0 saturated heterocycles. The first-order valence-corrected chi connectivity index (χ1v) is 6.20. The molecule has 1 N–H and O–H groups in total. The monoisotopic (exact) mass is 284 g/mol. The Kier molecular flexibility index (Phi) is 4.13. The lowest BCUT2D eigenvalue weighted by Gasteiger charge is -2.17. The number of aromatic nitrogens is 2. The number of rotatable bonds is 4. The summed E-state index contributed by atoms with van der Waals surface area (Å²) in [4.78, 5) is 4.08. The highest BCUT2D eigenvalue weighted by Crippen LogP contribution is 2.35. The highest BCUT2D eigenvalue weighted by atomic mass is 19.4. The lowest BCUT2D eigenvalue weighted by molar-refractivity contribution is -0.139. The maximum Gasteiger partial charge on any atom is 0.416 e. The molecule has 0 fully saturated rings. The Morgan fingerprint density at radius 1 is 1.30 bits per heavy atom. The average Bonchev–Trinajstić information content (AvgIpc) is 2.80. The van der Waals surface area contributed by atoms with Gasteiger partial charge in [0.1, 0.15) is 5.82 Å². The van der Waals surface area contributed by atoms with Crippen LogP contribution in [0, 0.1) is 0 Å². The van der Waals surface area contributed by atoms with Crippen molar-refractivity contribution >= 4 is 0 Å². The Labute approximate surface area is 114 Å². The molecule has 108 valence electrons. The van der Waals surface area contributed by atoms with Crippen molar-refractivity contribution in [2.75, 3.05) is 0 Å².